The molecule has 0 saturated heterocycles. The van der Waals surface area contributed by atoms with Gasteiger partial charge in [0, 0.05) is 5.54 Å². The van der Waals surface area contributed by atoms with Crippen LogP contribution in [0.3, 0.4) is 0 Å². The van der Waals surface area contributed by atoms with Gasteiger partial charge < -0.3 is 4.79 Å². The highest BCUT2D eigenvalue weighted by Crippen LogP contribution is 2.12. The molecule has 17 heavy (non-hydrogen) atoms. The van der Waals surface area contributed by atoms with Crippen molar-refractivity contribution < 1.29 is 9.63 Å². The molecule has 0 aromatic rings. The molecule has 0 aromatic heterocycles. The van der Waals surface area contributed by atoms with E-state index in [1.807, 2.05) is 0 Å². The van der Waals surface area contributed by atoms with Crippen molar-refractivity contribution in [2.75, 3.05) is 0 Å². The normalized spacial score (nSPS) is 13.6. The molecule has 1 atom stereocenters. The van der Waals surface area contributed by atoms with Gasteiger partial charge in [-0.2, -0.15) is 5.48 Å². The minimum absolute atomic E-state index is 0.0561. The molecule has 0 aliphatic carbocycles. The van der Waals surface area contributed by atoms with Gasteiger partial charge in [-0.3, -0.25) is 4.84 Å². The van der Waals surface area contributed by atoms with Crippen LogP contribution in [0.25, 0.3) is 0 Å². The van der Waals surface area contributed by atoms with Crippen molar-refractivity contribution in [2.24, 2.45) is 0 Å². The van der Waals surface area contributed by atoms with E-state index < -0.39 is 0 Å². The first-order valence-electron chi connectivity index (χ1n) is 6.93. The van der Waals surface area contributed by atoms with Crippen LogP contribution in [0, 0.1) is 0 Å². The molecule has 1 unspecified atom stereocenters. The molecule has 0 amide bonds. The van der Waals surface area contributed by atoms with Crippen LogP contribution in [0.15, 0.2) is 0 Å². The topological polar surface area (TPSA) is 38.3 Å². The summed E-state index contributed by atoms with van der Waals surface area (Å²) in [6.07, 6.45) is 8.26. The standard InChI is InChI=1S/C14H29NO2/c1-5-7-8-9-10-13(12-16)17-15-14(3,4)11-6-2/h12-13,15H,5-11H2,1-4H3. The van der Waals surface area contributed by atoms with E-state index in [0.717, 1.165) is 32.0 Å². The number of unbranched alkanes of at least 4 members (excludes halogenated alkanes) is 3. The van der Waals surface area contributed by atoms with E-state index in [4.69, 9.17) is 4.84 Å². The monoisotopic (exact) mass is 243 g/mol. The summed E-state index contributed by atoms with van der Waals surface area (Å²) in [6.45, 7) is 8.51. The van der Waals surface area contributed by atoms with Crippen LogP contribution in [0.4, 0.5) is 0 Å². The predicted molar refractivity (Wildman–Crippen MR) is 71.8 cm³/mol. The van der Waals surface area contributed by atoms with Crippen LogP contribution in [-0.4, -0.2) is 17.9 Å². The summed E-state index contributed by atoms with van der Waals surface area (Å²) in [4.78, 5) is 16.3. The van der Waals surface area contributed by atoms with Gasteiger partial charge in [-0.05, 0) is 26.7 Å². The second-order valence-electron chi connectivity index (χ2n) is 5.38. The molecule has 0 aliphatic heterocycles. The summed E-state index contributed by atoms with van der Waals surface area (Å²) < 4.78 is 0. The second-order valence-corrected chi connectivity index (χ2v) is 5.38. The van der Waals surface area contributed by atoms with Gasteiger partial charge in [-0.15, -0.1) is 0 Å². The Morgan fingerprint density at radius 1 is 1.18 bits per heavy atom. The molecule has 102 valence electrons. The van der Waals surface area contributed by atoms with E-state index in [-0.39, 0.29) is 11.6 Å². The van der Waals surface area contributed by atoms with Crippen molar-refractivity contribution >= 4 is 6.29 Å². The largest absolute Gasteiger partial charge is 0.300 e. The molecule has 0 fully saturated rings. The summed E-state index contributed by atoms with van der Waals surface area (Å²) in [5, 5.41) is 0. The van der Waals surface area contributed by atoms with Crippen LogP contribution in [0.1, 0.15) is 72.6 Å². The van der Waals surface area contributed by atoms with Crippen LogP contribution < -0.4 is 5.48 Å². The number of nitrogens with one attached hydrogen (secondary N) is 1. The number of carbonyl (C=O) groups is 1. The van der Waals surface area contributed by atoms with Crippen molar-refractivity contribution in [3.05, 3.63) is 0 Å². The fourth-order valence-corrected chi connectivity index (χ4v) is 1.84. The highest BCUT2D eigenvalue weighted by Gasteiger charge is 2.18. The third-order valence-electron chi connectivity index (χ3n) is 2.86. The lowest BCUT2D eigenvalue weighted by atomic mass is 10.0. The lowest BCUT2D eigenvalue weighted by Gasteiger charge is -2.26. The highest BCUT2D eigenvalue weighted by atomic mass is 16.7. The first-order chi connectivity index (χ1) is 8.05. The van der Waals surface area contributed by atoms with Gasteiger partial charge >= 0.3 is 0 Å². The Labute approximate surface area is 106 Å². The number of aldehydes is 1. The molecular weight excluding hydrogens is 214 g/mol. The van der Waals surface area contributed by atoms with Gasteiger partial charge in [0.25, 0.3) is 0 Å². The fraction of sp³-hybridized carbons (Fsp3) is 0.929. The molecule has 3 heteroatoms. The summed E-state index contributed by atoms with van der Waals surface area (Å²) in [7, 11) is 0. The smallest absolute Gasteiger partial charge is 0.150 e. The maximum atomic E-state index is 10.9. The fourth-order valence-electron chi connectivity index (χ4n) is 1.84. The third-order valence-corrected chi connectivity index (χ3v) is 2.86. The van der Waals surface area contributed by atoms with Crippen molar-refractivity contribution in [3.8, 4) is 0 Å². The zero-order valence-corrected chi connectivity index (χ0v) is 11.9. The zero-order chi connectivity index (χ0) is 13.1. The minimum Gasteiger partial charge on any atom is -0.300 e. The van der Waals surface area contributed by atoms with Gasteiger partial charge in [0.2, 0.25) is 0 Å². The van der Waals surface area contributed by atoms with Crippen LogP contribution >= 0.6 is 0 Å². The maximum absolute atomic E-state index is 10.9. The van der Waals surface area contributed by atoms with Crippen molar-refractivity contribution in [3.63, 3.8) is 0 Å². The van der Waals surface area contributed by atoms with Crippen LogP contribution in [0.2, 0.25) is 0 Å². The minimum atomic E-state index is -0.303. The van der Waals surface area contributed by atoms with E-state index in [1.165, 1.54) is 19.3 Å². The summed E-state index contributed by atoms with van der Waals surface area (Å²) in [6, 6.07) is 0. The van der Waals surface area contributed by atoms with E-state index >= 15 is 0 Å². The van der Waals surface area contributed by atoms with E-state index in [2.05, 4.69) is 33.2 Å². The number of carbonyl (C=O) groups excluding carboxylic acids is 1. The molecule has 0 saturated carbocycles. The molecule has 0 spiro atoms. The van der Waals surface area contributed by atoms with Crippen LogP contribution in [-0.2, 0) is 9.63 Å². The van der Waals surface area contributed by atoms with Gasteiger partial charge in [-0.1, -0.05) is 46.0 Å². The third kappa shape index (κ3) is 9.31. The number of hydrogen-bond acceptors (Lipinski definition) is 3. The Morgan fingerprint density at radius 2 is 1.88 bits per heavy atom. The molecule has 0 rings (SSSR count). The maximum Gasteiger partial charge on any atom is 0.150 e. The summed E-state index contributed by atoms with van der Waals surface area (Å²) in [5.74, 6) is 0. The Morgan fingerprint density at radius 3 is 2.41 bits per heavy atom. The lowest BCUT2D eigenvalue weighted by Crippen LogP contribution is -2.41. The molecule has 1 N–H and O–H groups in total. The number of hydrogen-bond donors (Lipinski definition) is 1. The van der Waals surface area contributed by atoms with Gasteiger partial charge in [0.05, 0.1) is 0 Å². The molecule has 3 nitrogen and oxygen atoms in total. The number of rotatable bonds is 11. The van der Waals surface area contributed by atoms with Gasteiger partial charge in [0.15, 0.2) is 6.29 Å². The Hall–Kier alpha value is -0.410. The SMILES string of the molecule is CCCCCCC(C=O)ONC(C)(C)CCC. The average Bonchev–Trinajstić information content (AvgIpc) is 2.28. The summed E-state index contributed by atoms with van der Waals surface area (Å²) in [5.41, 5.74) is 2.96. The van der Waals surface area contributed by atoms with Gasteiger partial charge in [0.1, 0.15) is 6.10 Å². The average molecular weight is 243 g/mol. The molecule has 0 aromatic carbocycles. The summed E-state index contributed by atoms with van der Waals surface area (Å²) >= 11 is 0. The van der Waals surface area contributed by atoms with Crippen molar-refractivity contribution in [1.29, 1.82) is 0 Å². The van der Waals surface area contributed by atoms with Crippen molar-refractivity contribution in [1.82, 2.24) is 5.48 Å². The molecule has 0 radical (unpaired) electrons. The lowest BCUT2D eigenvalue weighted by molar-refractivity contribution is -0.129. The predicted octanol–water partition coefficient (Wildman–Crippen LogP) is 3.62. The van der Waals surface area contributed by atoms with E-state index in [1.54, 1.807) is 0 Å². The van der Waals surface area contributed by atoms with E-state index in [9.17, 15) is 4.79 Å². The molecule has 0 bridgehead atoms. The highest BCUT2D eigenvalue weighted by molar-refractivity contribution is 5.55. The first kappa shape index (κ1) is 16.6. The van der Waals surface area contributed by atoms with Crippen molar-refractivity contribution in [2.45, 2.75) is 84.3 Å². The Balaban J connectivity index is 3.77. The Kier molecular flexibility index (Phi) is 9.37. The van der Waals surface area contributed by atoms with Gasteiger partial charge in [-0.25, -0.2) is 0 Å². The van der Waals surface area contributed by atoms with Crippen LogP contribution in [0.5, 0.6) is 0 Å². The quantitative estimate of drug-likeness (QED) is 0.342. The molecule has 0 heterocycles. The number of hydroxylamine groups is 1. The zero-order valence-electron chi connectivity index (χ0n) is 11.9. The second kappa shape index (κ2) is 9.60. The molecule has 0 aliphatic rings. The first-order valence-corrected chi connectivity index (χ1v) is 6.93. The van der Waals surface area contributed by atoms with E-state index in [0.29, 0.717) is 0 Å². The molecular formula is C14H29NO2. The Bertz CT molecular complexity index is 193.